The molecule has 1 unspecified atom stereocenters. The van der Waals surface area contributed by atoms with Gasteiger partial charge in [0.1, 0.15) is 11.5 Å². The van der Waals surface area contributed by atoms with E-state index in [9.17, 15) is 5.11 Å². The first-order valence-corrected chi connectivity index (χ1v) is 8.30. The second-order valence-corrected chi connectivity index (χ2v) is 5.73. The van der Waals surface area contributed by atoms with E-state index in [0.29, 0.717) is 13.2 Å². The van der Waals surface area contributed by atoms with Gasteiger partial charge in [0.05, 0.1) is 19.2 Å². The van der Waals surface area contributed by atoms with Crippen molar-refractivity contribution in [1.82, 2.24) is 10.6 Å². The van der Waals surface area contributed by atoms with Gasteiger partial charge in [-0.05, 0) is 30.7 Å². The largest absolute Gasteiger partial charge is 0.508 e. The van der Waals surface area contributed by atoms with Crippen LogP contribution in [0.2, 0.25) is 0 Å². The molecule has 2 aromatic carbocycles. The van der Waals surface area contributed by atoms with E-state index < -0.39 is 0 Å². The molecule has 126 valence electrons. The molecule has 1 atom stereocenters. The number of phenols is 1. The van der Waals surface area contributed by atoms with Crippen LogP contribution >= 0.6 is 0 Å². The fourth-order valence-electron chi connectivity index (χ4n) is 2.75. The van der Waals surface area contributed by atoms with Gasteiger partial charge in [-0.25, -0.2) is 4.99 Å². The second kappa shape index (κ2) is 7.73. The zero-order valence-corrected chi connectivity index (χ0v) is 13.8. The van der Waals surface area contributed by atoms with Crippen molar-refractivity contribution >= 4 is 5.96 Å². The van der Waals surface area contributed by atoms with Gasteiger partial charge in [0.15, 0.2) is 5.96 Å². The fourth-order valence-corrected chi connectivity index (χ4v) is 2.75. The van der Waals surface area contributed by atoms with Crippen molar-refractivity contribution in [3.8, 4) is 11.5 Å². The molecule has 0 aliphatic carbocycles. The Morgan fingerprint density at radius 1 is 1.21 bits per heavy atom. The zero-order valence-electron chi connectivity index (χ0n) is 13.8. The van der Waals surface area contributed by atoms with Crippen molar-refractivity contribution in [2.45, 2.75) is 25.9 Å². The number of guanidine groups is 1. The van der Waals surface area contributed by atoms with Gasteiger partial charge < -0.3 is 20.5 Å². The molecule has 0 bridgehead atoms. The van der Waals surface area contributed by atoms with Gasteiger partial charge in [-0.3, -0.25) is 0 Å². The maximum atomic E-state index is 9.36. The van der Waals surface area contributed by atoms with E-state index in [1.807, 2.05) is 30.3 Å². The molecule has 0 fully saturated rings. The molecule has 3 N–H and O–H groups in total. The number of hydrogen-bond acceptors (Lipinski definition) is 3. The lowest BCUT2D eigenvalue weighted by Crippen LogP contribution is -2.41. The molecule has 5 nitrogen and oxygen atoms in total. The smallest absolute Gasteiger partial charge is 0.192 e. The zero-order chi connectivity index (χ0) is 16.8. The predicted octanol–water partition coefficient (Wildman–Crippen LogP) is 2.97. The van der Waals surface area contributed by atoms with Crippen molar-refractivity contribution in [2.75, 3.05) is 13.2 Å². The lowest BCUT2D eigenvalue weighted by atomic mass is 10.0. The third kappa shape index (κ3) is 3.98. The Balaban J connectivity index is 1.72. The molecular weight excluding hydrogens is 302 g/mol. The standard InChI is InChI=1S/C19H23N3O2/c1-2-20-19(21-13-14-7-9-15(23)10-8-14)22-17-11-12-24-18-6-4-3-5-16(17)18/h3-10,17,23H,2,11-13H2,1H3,(H2,20,21,22). The topological polar surface area (TPSA) is 65.9 Å². The number of nitrogens with one attached hydrogen (secondary N) is 2. The van der Waals surface area contributed by atoms with Crippen molar-refractivity contribution in [2.24, 2.45) is 4.99 Å². The van der Waals surface area contributed by atoms with Crippen LogP contribution in [0.4, 0.5) is 0 Å². The number of aromatic hydroxyl groups is 1. The minimum Gasteiger partial charge on any atom is -0.508 e. The Bertz CT molecular complexity index is 698. The minimum atomic E-state index is 0.188. The molecule has 1 heterocycles. The van der Waals surface area contributed by atoms with Gasteiger partial charge in [-0.15, -0.1) is 0 Å². The number of rotatable bonds is 4. The number of fused-ring (bicyclic) bond motifs is 1. The molecule has 0 aromatic heterocycles. The Morgan fingerprint density at radius 2 is 2.00 bits per heavy atom. The number of para-hydroxylation sites is 1. The van der Waals surface area contributed by atoms with E-state index in [4.69, 9.17) is 4.74 Å². The van der Waals surface area contributed by atoms with E-state index >= 15 is 0 Å². The van der Waals surface area contributed by atoms with Gasteiger partial charge >= 0.3 is 0 Å². The molecule has 0 saturated carbocycles. The van der Waals surface area contributed by atoms with Crippen molar-refractivity contribution in [3.63, 3.8) is 0 Å². The normalized spacial score (nSPS) is 16.9. The van der Waals surface area contributed by atoms with Crippen LogP contribution in [-0.2, 0) is 6.54 Å². The van der Waals surface area contributed by atoms with Crippen molar-refractivity contribution in [3.05, 3.63) is 59.7 Å². The summed E-state index contributed by atoms with van der Waals surface area (Å²) in [6.45, 7) is 4.11. The van der Waals surface area contributed by atoms with Crippen LogP contribution in [0, 0.1) is 0 Å². The third-order valence-corrected chi connectivity index (χ3v) is 3.97. The molecule has 2 aromatic rings. The van der Waals surface area contributed by atoms with E-state index in [-0.39, 0.29) is 11.8 Å². The molecular formula is C19H23N3O2. The van der Waals surface area contributed by atoms with E-state index in [1.54, 1.807) is 12.1 Å². The molecule has 0 spiro atoms. The Hall–Kier alpha value is -2.69. The number of phenolic OH excluding ortho intramolecular Hbond substituents is 1. The summed E-state index contributed by atoms with van der Waals surface area (Å²) >= 11 is 0. The number of benzene rings is 2. The summed E-state index contributed by atoms with van der Waals surface area (Å²) in [5.74, 6) is 1.99. The first kappa shape index (κ1) is 16.2. The monoisotopic (exact) mass is 325 g/mol. The highest BCUT2D eigenvalue weighted by Gasteiger charge is 2.21. The Kier molecular flexibility index (Phi) is 5.21. The average Bonchev–Trinajstić information content (AvgIpc) is 2.61. The second-order valence-electron chi connectivity index (χ2n) is 5.73. The summed E-state index contributed by atoms with van der Waals surface area (Å²) in [6.07, 6.45) is 0.903. The number of ether oxygens (including phenoxy) is 1. The summed E-state index contributed by atoms with van der Waals surface area (Å²) in [5.41, 5.74) is 2.22. The number of hydrogen-bond donors (Lipinski definition) is 3. The van der Waals surface area contributed by atoms with Gasteiger partial charge in [-0.2, -0.15) is 0 Å². The molecule has 0 saturated heterocycles. The van der Waals surface area contributed by atoms with Crippen molar-refractivity contribution in [1.29, 1.82) is 0 Å². The molecule has 0 amide bonds. The fraction of sp³-hybridized carbons (Fsp3) is 0.316. The van der Waals surface area contributed by atoms with Crippen molar-refractivity contribution < 1.29 is 9.84 Å². The predicted molar refractivity (Wildman–Crippen MR) is 95.4 cm³/mol. The van der Waals surface area contributed by atoms with E-state index in [1.165, 1.54) is 5.56 Å². The first-order chi connectivity index (χ1) is 11.8. The maximum Gasteiger partial charge on any atom is 0.192 e. The molecule has 5 heteroatoms. The van der Waals surface area contributed by atoms with E-state index in [0.717, 1.165) is 30.2 Å². The Labute approximate surface area is 142 Å². The maximum absolute atomic E-state index is 9.36. The van der Waals surface area contributed by atoms with Crippen LogP contribution in [0.3, 0.4) is 0 Å². The molecule has 24 heavy (non-hydrogen) atoms. The van der Waals surface area contributed by atoms with Crippen LogP contribution < -0.4 is 15.4 Å². The van der Waals surface area contributed by atoms with Crippen LogP contribution in [0.1, 0.15) is 30.5 Å². The number of nitrogens with zero attached hydrogens (tertiary/aromatic N) is 1. The van der Waals surface area contributed by atoms with Crippen LogP contribution in [-0.4, -0.2) is 24.2 Å². The van der Waals surface area contributed by atoms with Crippen LogP contribution in [0.5, 0.6) is 11.5 Å². The summed E-state index contributed by atoms with van der Waals surface area (Å²) in [7, 11) is 0. The Morgan fingerprint density at radius 3 is 2.79 bits per heavy atom. The lowest BCUT2D eigenvalue weighted by Gasteiger charge is -2.28. The summed E-state index contributed by atoms with van der Waals surface area (Å²) < 4.78 is 5.71. The van der Waals surface area contributed by atoms with Gasteiger partial charge in [0, 0.05) is 18.5 Å². The minimum absolute atomic E-state index is 0.188. The summed E-state index contributed by atoms with van der Waals surface area (Å²) in [5, 5.41) is 16.2. The molecule has 1 aliphatic heterocycles. The molecule has 3 rings (SSSR count). The summed E-state index contributed by atoms with van der Waals surface area (Å²) in [6, 6.07) is 15.4. The van der Waals surface area contributed by atoms with Gasteiger partial charge in [0.2, 0.25) is 0 Å². The van der Waals surface area contributed by atoms with Gasteiger partial charge in [0.25, 0.3) is 0 Å². The highest BCUT2D eigenvalue weighted by molar-refractivity contribution is 5.80. The quantitative estimate of drug-likeness (QED) is 0.597. The first-order valence-electron chi connectivity index (χ1n) is 8.30. The lowest BCUT2D eigenvalue weighted by molar-refractivity contribution is 0.261. The number of aliphatic imine (C=N–C) groups is 1. The highest BCUT2D eigenvalue weighted by atomic mass is 16.5. The molecule has 1 aliphatic rings. The SMILES string of the molecule is CCNC(=NCc1ccc(O)cc1)NC1CCOc2ccccc21. The summed E-state index contributed by atoms with van der Waals surface area (Å²) in [4.78, 5) is 4.65. The van der Waals surface area contributed by atoms with Crippen LogP contribution in [0.25, 0.3) is 0 Å². The molecule has 0 radical (unpaired) electrons. The van der Waals surface area contributed by atoms with Crippen LogP contribution in [0.15, 0.2) is 53.5 Å². The third-order valence-electron chi connectivity index (χ3n) is 3.97. The highest BCUT2D eigenvalue weighted by Crippen LogP contribution is 2.31. The van der Waals surface area contributed by atoms with E-state index in [2.05, 4.69) is 28.6 Å². The van der Waals surface area contributed by atoms with Gasteiger partial charge in [-0.1, -0.05) is 30.3 Å². The average molecular weight is 325 g/mol.